The van der Waals surface area contributed by atoms with E-state index >= 15 is 0 Å². The molecule has 1 aliphatic carbocycles. The van der Waals surface area contributed by atoms with Crippen molar-refractivity contribution in [1.82, 2.24) is 4.68 Å². The van der Waals surface area contributed by atoms with Gasteiger partial charge in [-0.2, -0.15) is 0 Å². The third kappa shape index (κ3) is 1.76. The number of aromatic nitrogens is 1. The van der Waals surface area contributed by atoms with E-state index in [1.54, 1.807) is 0 Å². The van der Waals surface area contributed by atoms with Crippen LogP contribution in [0.4, 0.5) is 5.69 Å². The summed E-state index contributed by atoms with van der Waals surface area (Å²) in [6, 6.07) is 10.9. The molecule has 3 rings (SSSR count). The Labute approximate surface area is 108 Å². The third-order valence-electron chi connectivity index (χ3n) is 3.80. The van der Waals surface area contributed by atoms with Crippen molar-refractivity contribution in [3.05, 3.63) is 52.8 Å². The van der Waals surface area contributed by atoms with Crippen molar-refractivity contribution in [2.24, 2.45) is 0 Å². The van der Waals surface area contributed by atoms with Gasteiger partial charge in [0.2, 0.25) is 0 Å². The van der Waals surface area contributed by atoms with Crippen molar-refractivity contribution in [2.45, 2.75) is 32.7 Å². The molecule has 0 amide bonds. The summed E-state index contributed by atoms with van der Waals surface area (Å²) in [6.45, 7) is 4.25. The largest absolute Gasteiger partial charge is 0.399 e. The van der Waals surface area contributed by atoms with Crippen LogP contribution in [0.3, 0.4) is 0 Å². The van der Waals surface area contributed by atoms with E-state index in [9.17, 15) is 0 Å². The molecule has 94 valence electrons. The molecule has 2 aromatic rings. The highest BCUT2D eigenvalue weighted by molar-refractivity contribution is 5.48. The van der Waals surface area contributed by atoms with Crippen LogP contribution in [0.5, 0.6) is 0 Å². The quantitative estimate of drug-likeness (QED) is 0.794. The fraction of sp³-hybridized carbons (Fsp3) is 0.333. The first-order valence-electron chi connectivity index (χ1n) is 6.45. The van der Waals surface area contributed by atoms with Crippen molar-refractivity contribution in [2.75, 3.05) is 11.2 Å². The minimum absolute atomic E-state index is 0.394. The number of aryl methyl sites for hydroxylation is 3. The maximum absolute atomic E-state index is 5.83. The highest BCUT2D eigenvalue weighted by Gasteiger charge is 2.22. The standard InChI is InChI=1S/C15H19N3/c1-10-3-4-11(2)18(10)17-15-8-5-12-9-13(16)6-7-14(12)15/h3-4,6-7,9,15,17H,5,8,16H2,1-2H3. The minimum Gasteiger partial charge on any atom is -0.399 e. The molecule has 0 fully saturated rings. The zero-order chi connectivity index (χ0) is 12.7. The Hall–Kier alpha value is -1.90. The van der Waals surface area contributed by atoms with Gasteiger partial charge in [0, 0.05) is 17.1 Å². The minimum atomic E-state index is 0.394. The molecular formula is C15H19N3. The van der Waals surface area contributed by atoms with Crippen molar-refractivity contribution in [1.29, 1.82) is 0 Å². The molecule has 1 aromatic heterocycles. The molecule has 1 aliphatic rings. The van der Waals surface area contributed by atoms with Gasteiger partial charge in [0.1, 0.15) is 0 Å². The van der Waals surface area contributed by atoms with Gasteiger partial charge in [-0.3, -0.25) is 4.68 Å². The van der Waals surface area contributed by atoms with Crippen LogP contribution in [0.2, 0.25) is 0 Å². The van der Waals surface area contributed by atoms with Gasteiger partial charge in [-0.05, 0) is 62.1 Å². The molecule has 0 bridgehead atoms. The van der Waals surface area contributed by atoms with E-state index in [0.29, 0.717) is 6.04 Å². The Balaban J connectivity index is 1.89. The van der Waals surface area contributed by atoms with E-state index in [-0.39, 0.29) is 0 Å². The molecule has 0 saturated carbocycles. The number of rotatable bonds is 2. The lowest BCUT2D eigenvalue weighted by molar-refractivity contribution is 0.647. The average Bonchev–Trinajstić information content (AvgIpc) is 2.87. The normalized spacial score (nSPS) is 17.8. The molecule has 0 spiro atoms. The lowest BCUT2D eigenvalue weighted by Gasteiger charge is -2.19. The van der Waals surface area contributed by atoms with Crippen LogP contribution in [0.25, 0.3) is 0 Å². The predicted molar refractivity (Wildman–Crippen MR) is 75.2 cm³/mol. The van der Waals surface area contributed by atoms with Crippen LogP contribution in [-0.4, -0.2) is 4.68 Å². The Morgan fingerprint density at radius 3 is 2.61 bits per heavy atom. The summed E-state index contributed by atoms with van der Waals surface area (Å²) in [5.41, 5.74) is 15.6. The number of hydrogen-bond acceptors (Lipinski definition) is 2. The second kappa shape index (κ2) is 4.09. The Kier molecular flexibility index (Phi) is 2.54. The molecule has 18 heavy (non-hydrogen) atoms. The fourth-order valence-electron chi connectivity index (χ4n) is 2.80. The number of benzene rings is 1. The molecule has 1 aromatic carbocycles. The number of fused-ring (bicyclic) bond motifs is 1. The van der Waals surface area contributed by atoms with Crippen LogP contribution >= 0.6 is 0 Å². The summed E-state index contributed by atoms with van der Waals surface area (Å²) >= 11 is 0. The Morgan fingerprint density at radius 1 is 1.17 bits per heavy atom. The Bertz CT molecular complexity index is 564. The molecular weight excluding hydrogens is 222 g/mol. The highest BCUT2D eigenvalue weighted by atomic mass is 15.4. The first-order chi connectivity index (χ1) is 8.65. The molecule has 3 N–H and O–H groups in total. The number of nitrogen functional groups attached to an aromatic ring is 1. The van der Waals surface area contributed by atoms with Crippen LogP contribution in [0.15, 0.2) is 30.3 Å². The second-order valence-corrected chi connectivity index (χ2v) is 5.13. The van der Waals surface area contributed by atoms with Crippen LogP contribution in [-0.2, 0) is 6.42 Å². The fourth-order valence-corrected chi connectivity index (χ4v) is 2.80. The average molecular weight is 241 g/mol. The number of nitrogens with zero attached hydrogens (tertiary/aromatic N) is 1. The summed E-state index contributed by atoms with van der Waals surface area (Å²) in [5, 5.41) is 0. The summed E-state index contributed by atoms with van der Waals surface area (Å²) in [7, 11) is 0. The lowest BCUT2D eigenvalue weighted by atomic mass is 10.1. The molecule has 0 saturated heterocycles. The maximum atomic E-state index is 5.83. The van der Waals surface area contributed by atoms with Crippen molar-refractivity contribution in [3.63, 3.8) is 0 Å². The SMILES string of the molecule is Cc1ccc(C)n1NC1CCc2cc(N)ccc21. The van der Waals surface area contributed by atoms with Gasteiger partial charge in [0.25, 0.3) is 0 Å². The molecule has 3 heteroatoms. The van der Waals surface area contributed by atoms with Gasteiger partial charge in [0.15, 0.2) is 0 Å². The van der Waals surface area contributed by atoms with E-state index in [1.807, 2.05) is 6.07 Å². The van der Waals surface area contributed by atoms with Crippen LogP contribution < -0.4 is 11.2 Å². The van der Waals surface area contributed by atoms with Crippen molar-refractivity contribution >= 4 is 5.69 Å². The van der Waals surface area contributed by atoms with E-state index in [2.05, 4.69) is 48.2 Å². The van der Waals surface area contributed by atoms with Crippen molar-refractivity contribution in [3.8, 4) is 0 Å². The number of hydrogen-bond donors (Lipinski definition) is 2. The zero-order valence-electron chi connectivity index (χ0n) is 10.9. The summed E-state index contributed by atoms with van der Waals surface area (Å²) in [6.07, 6.45) is 2.24. The van der Waals surface area contributed by atoms with Gasteiger partial charge in [-0.15, -0.1) is 0 Å². The third-order valence-corrected chi connectivity index (χ3v) is 3.80. The summed E-state index contributed by atoms with van der Waals surface area (Å²) in [5.74, 6) is 0. The van der Waals surface area contributed by atoms with Crippen molar-refractivity contribution < 1.29 is 0 Å². The van der Waals surface area contributed by atoms with Gasteiger partial charge in [0.05, 0.1) is 6.04 Å². The number of nitrogens with two attached hydrogens (primary N) is 1. The monoisotopic (exact) mass is 241 g/mol. The predicted octanol–water partition coefficient (Wildman–Crippen LogP) is 2.92. The molecule has 0 aliphatic heterocycles. The second-order valence-electron chi connectivity index (χ2n) is 5.13. The number of nitrogens with one attached hydrogen (secondary N) is 1. The highest BCUT2D eigenvalue weighted by Crippen LogP contribution is 2.33. The van der Waals surface area contributed by atoms with Gasteiger partial charge >= 0.3 is 0 Å². The molecule has 3 nitrogen and oxygen atoms in total. The molecule has 0 radical (unpaired) electrons. The van der Waals surface area contributed by atoms with Gasteiger partial charge < -0.3 is 11.2 Å². The summed E-state index contributed by atoms with van der Waals surface area (Å²) < 4.78 is 2.18. The maximum Gasteiger partial charge on any atom is 0.0679 e. The van der Waals surface area contributed by atoms with Crippen LogP contribution in [0, 0.1) is 13.8 Å². The van der Waals surface area contributed by atoms with Gasteiger partial charge in [-0.1, -0.05) is 6.07 Å². The molecule has 1 heterocycles. The van der Waals surface area contributed by atoms with E-state index in [1.165, 1.54) is 22.5 Å². The van der Waals surface area contributed by atoms with E-state index in [0.717, 1.165) is 18.5 Å². The topological polar surface area (TPSA) is 43.0 Å². The molecule has 1 atom stereocenters. The first kappa shape index (κ1) is 11.2. The Morgan fingerprint density at radius 2 is 1.89 bits per heavy atom. The lowest BCUT2D eigenvalue weighted by Crippen LogP contribution is -2.21. The summed E-state index contributed by atoms with van der Waals surface area (Å²) in [4.78, 5) is 0. The van der Waals surface area contributed by atoms with E-state index < -0.39 is 0 Å². The number of anilines is 1. The van der Waals surface area contributed by atoms with Gasteiger partial charge in [-0.25, -0.2) is 0 Å². The first-order valence-corrected chi connectivity index (χ1v) is 6.45. The van der Waals surface area contributed by atoms with E-state index in [4.69, 9.17) is 5.73 Å². The molecule has 1 unspecified atom stereocenters. The zero-order valence-corrected chi connectivity index (χ0v) is 10.9. The smallest absolute Gasteiger partial charge is 0.0679 e. The van der Waals surface area contributed by atoms with Crippen LogP contribution in [0.1, 0.15) is 35.0 Å².